The number of amides is 1. The first-order chi connectivity index (χ1) is 11.6. The van der Waals surface area contributed by atoms with Crippen molar-refractivity contribution in [2.75, 3.05) is 12.1 Å². The number of pyridine rings is 1. The summed E-state index contributed by atoms with van der Waals surface area (Å²) in [5, 5.41) is 3.62. The van der Waals surface area contributed by atoms with Crippen LogP contribution in [0.15, 0.2) is 47.5 Å². The quantitative estimate of drug-likeness (QED) is 0.795. The third-order valence-electron chi connectivity index (χ3n) is 3.97. The molecule has 122 valence electrons. The molecule has 3 aromatic rings. The van der Waals surface area contributed by atoms with E-state index in [4.69, 9.17) is 9.47 Å². The van der Waals surface area contributed by atoms with Gasteiger partial charge in [-0.15, -0.1) is 0 Å². The van der Waals surface area contributed by atoms with Crippen molar-refractivity contribution < 1.29 is 14.3 Å². The molecule has 7 heteroatoms. The largest absolute Gasteiger partial charge is 0.454 e. The molecule has 3 heterocycles. The normalized spacial score (nSPS) is 12.5. The van der Waals surface area contributed by atoms with Crippen LogP contribution in [0.25, 0.3) is 10.9 Å². The second-order valence-electron chi connectivity index (χ2n) is 5.60. The molecule has 2 aromatic heterocycles. The Balaban J connectivity index is 1.55. The van der Waals surface area contributed by atoms with Gasteiger partial charge in [0.2, 0.25) is 12.7 Å². The number of nitrogens with one attached hydrogen (secondary N) is 1. The molecular formula is C17H15N3O4. The summed E-state index contributed by atoms with van der Waals surface area (Å²) in [7, 11) is 1.81. The number of anilines is 1. The van der Waals surface area contributed by atoms with Crippen LogP contribution in [0.1, 0.15) is 0 Å². The molecule has 0 aliphatic carbocycles. The molecule has 0 spiro atoms. The van der Waals surface area contributed by atoms with Gasteiger partial charge >= 0.3 is 0 Å². The molecule has 0 radical (unpaired) electrons. The van der Waals surface area contributed by atoms with Gasteiger partial charge in [-0.05, 0) is 24.3 Å². The number of fused-ring (bicyclic) bond motifs is 2. The van der Waals surface area contributed by atoms with Gasteiger partial charge < -0.3 is 23.9 Å². The van der Waals surface area contributed by atoms with Crippen LogP contribution in [-0.4, -0.2) is 21.8 Å². The van der Waals surface area contributed by atoms with E-state index in [9.17, 15) is 9.59 Å². The Morgan fingerprint density at radius 2 is 1.96 bits per heavy atom. The van der Waals surface area contributed by atoms with E-state index in [0.29, 0.717) is 22.7 Å². The lowest BCUT2D eigenvalue weighted by atomic mass is 10.2. The Morgan fingerprint density at radius 1 is 1.17 bits per heavy atom. The van der Waals surface area contributed by atoms with Crippen LogP contribution < -0.4 is 20.3 Å². The van der Waals surface area contributed by atoms with Gasteiger partial charge in [0.05, 0.1) is 0 Å². The van der Waals surface area contributed by atoms with Crippen LogP contribution in [0.3, 0.4) is 0 Å². The second-order valence-corrected chi connectivity index (χ2v) is 5.60. The first kappa shape index (κ1) is 14.4. The Morgan fingerprint density at radius 3 is 2.83 bits per heavy atom. The molecule has 1 aliphatic rings. The Bertz CT molecular complexity index is 1000. The molecule has 0 bridgehead atoms. The molecule has 0 atom stereocenters. The second kappa shape index (κ2) is 5.45. The maximum atomic E-state index is 12.5. The summed E-state index contributed by atoms with van der Waals surface area (Å²) in [4.78, 5) is 24.7. The van der Waals surface area contributed by atoms with E-state index >= 15 is 0 Å². The molecule has 1 N–H and O–H groups in total. The molecule has 0 saturated carbocycles. The van der Waals surface area contributed by atoms with E-state index in [0.717, 1.165) is 5.39 Å². The predicted molar refractivity (Wildman–Crippen MR) is 88.4 cm³/mol. The minimum atomic E-state index is -0.287. The van der Waals surface area contributed by atoms with Crippen LogP contribution in [0.2, 0.25) is 0 Å². The van der Waals surface area contributed by atoms with Gasteiger partial charge in [-0.1, -0.05) is 0 Å². The summed E-state index contributed by atoms with van der Waals surface area (Å²) >= 11 is 0. The molecule has 24 heavy (non-hydrogen) atoms. The van der Waals surface area contributed by atoms with Crippen LogP contribution >= 0.6 is 0 Å². The fourth-order valence-corrected chi connectivity index (χ4v) is 2.79. The summed E-state index contributed by atoms with van der Waals surface area (Å²) in [5.74, 6) is 0.957. The highest BCUT2D eigenvalue weighted by molar-refractivity contribution is 5.91. The maximum Gasteiger partial charge on any atom is 0.275 e. The fourth-order valence-electron chi connectivity index (χ4n) is 2.79. The van der Waals surface area contributed by atoms with Crippen molar-refractivity contribution in [3.05, 3.63) is 53.1 Å². The number of carbonyl (C=O) groups excluding carboxylic acids is 1. The van der Waals surface area contributed by atoms with Gasteiger partial charge in [0, 0.05) is 36.6 Å². The fraction of sp³-hybridized carbons (Fsp3) is 0.176. The molecule has 0 fully saturated rings. The van der Waals surface area contributed by atoms with Crippen LogP contribution in [-0.2, 0) is 18.4 Å². The third-order valence-corrected chi connectivity index (χ3v) is 3.97. The molecule has 1 amide bonds. The average Bonchev–Trinajstić information content (AvgIpc) is 3.16. The molecular weight excluding hydrogens is 310 g/mol. The van der Waals surface area contributed by atoms with Crippen molar-refractivity contribution in [3.8, 4) is 11.5 Å². The van der Waals surface area contributed by atoms with E-state index < -0.39 is 0 Å². The van der Waals surface area contributed by atoms with Gasteiger partial charge in [-0.25, -0.2) is 0 Å². The Labute approximate surface area is 137 Å². The molecule has 4 rings (SSSR count). The highest BCUT2D eigenvalue weighted by Crippen LogP contribution is 2.34. The lowest BCUT2D eigenvalue weighted by molar-refractivity contribution is -0.116. The maximum absolute atomic E-state index is 12.5. The first-order valence-electron chi connectivity index (χ1n) is 7.46. The van der Waals surface area contributed by atoms with Crippen LogP contribution in [0, 0.1) is 0 Å². The van der Waals surface area contributed by atoms with Crippen LogP contribution in [0.4, 0.5) is 5.69 Å². The van der Waals surface area contributed by atoms with Crippen molar-refractivity contribution in [1.29, 1.82) is 0 Å². The third kappa shape index (κ3) is 2.40. The predicted octanol–water partition coefficient (Wildman–Crippen LogP) is 1.71. The number of aryl methyl sites for hydroxylation is 1. The van der Waals surface area contributed by atoms with E-state index in [1.165, 1.54) is 4.57 Å². The van der Waals surface area contributed by atoms with Crippen molar-refractivity contribution in [1.82, 2.24) is 9.13 Å². The number of benzene rings is 1. The average molecular weight is 325 g/mol. The Hall–Kier alpha value is -3.22. The number of hydrogen-bond acceptors (Lipinski definition) is 4. The van der Waals surface area contributed by atoms with E-state index in [1.807, 2.05) is 18.3 Å². The zero-order chi connectivity index (χ0) is 16.7. The smallest absolute Gasteiger partial charge is 0.275 e. The Kier molecular flexibility index (Phi) is 3.26. The number of nitrogens with zero attached hydrogens (tertiary/aromatic N) is 2. The number of hydrogen-bond donors (Lipinski definition) is 1. The zero-order valence-electron chi connectivity index (χ0n) is 13.0. The van der Waals surface area contributed by atoms with Crippen molar-refractivity contribution in [3.63, 3.8) is 0 Å². The highest BCUT2D eigenvalue weighted by atomic mass is 16.7. The minimum Gasteiger partial charge on any atom is -0.454 e. The lowest BCUT2D eigenvalue weighted by Crippen LogP contribution is -2.27. The standard InChI is InChI=1S/C17H15N3O4/c1-19-6-4-11-5-7-20(17(22)16(11)19)9-15(21)18-12-2-3-13-14(8-12)24-10-23-13/h2-8H,9-10H2,1H3,(H,18,21). The number of aromatic nitrogens is 2. The van der Waals surface area contributed by atoms with Gasteiger partial charge in [0.25, 0.3) is 5.56 Å². The van der Waals surface area contributed by atoms with Crippen LogP contribution in [0.5, 0.6) is 11.5 Å². The van der Waals surface area contributed by atoms with Gasteiger partial charge in [0.1, 0.15) is 12.1 Å². The summed E-state index contributed by atoms with van der Waals surface area (Å²) in [6, 6.07) is 8.86. The monoisotopic (exact) mass is 325 g/mol. The minimum absolute atomic E-state index is 0.0611. The number of carbonyl (C=O) groups is 1. The highest BCUT2D eigenvalue weighted by Gasteiger charge is 2.15. The summed E-state index contributed by atoms with van der Waals surface area (Å²) < 4.78 is 13.7. The van der Waals surface area contributed by atoms with Gasteiger partial charge in [0.15, 0.2) is 11.5 Å². The molecule has 1 aromatic carbocycles. The number of ether oxygens (including phenoxy) is 2. The van der Waals surface area contributed by atoms with E-state index in [2.05, 4.69) is 5.32 Å². The topological polar surface area (TPSA) is 74.5 Å². The first-order valence-corrected chi connectivity index (χ1v) is 7.46. The summed E-state index contributed by atoms with van der Waals surface area (Å²) in [5.41, 5.74) is 0.978. The summed E-state index contributed by atoms with van der Waals surface area (Å²) in [6.07, 6.45) is 3.45. The SMILES string of the molecule is Cn1ccc2ccn(CC(=O)Nc3ccc4c(c3)OCO4)c(=O)c21. The molecule has 0 unspecified atom stereocenters. The van der Waals surface area contributed by atoms with Crippen molar-refractivity contribution in [2.45, 2.75) is 6.54 Å². The lowest BCUT2D eigenvalue weighted by Gasteiger charge is -2.08. The van der Waals surface area contributed by atoms with Gasteiger partial charge in [-0.3, -0.25) is 9.59 Å². The van der Waals surface area contributed by atoms with Crippen molar-refractivity contribution in [2.24, 2.45) is 7.05 Å². The molecule has 0 saturated heterocycles. The zero-order valence-corrected chi connectivity index (χ0v) is 13.0. The molecule has 1 aliphatic heterocycles. The number of rotatable bonds is 3. The molecule has 7 nitrogen and oxygen atoms in total. The van der Waals surface area contributed by atoms with E-state index in [-0.39, 0.29) is 24.8 Å². The van der Waals surface area contributed by atoms with E-state index in [1.54, 1.807) is 36.0 Å². The van der Waals surface area contributed by atoms with Crippen molar-refractivity contribution >= 4 is 22.5 Å². The summed E-state index contributed by atoms with van der Waals surface area (Å²) in [6.45, 7) is 0.118. The van der Waals surface area contributed by atoms with Gasteiger partial charge in [-0.2, -0.15) is 0 Å².